The molecular formula is C17H15ClN2O2. The van der Waals surface area contributed by atoms with Gasteiger partial charge in [-0.25, -0.2) is 0 Å². The minimum atomic E-state index is -0.125. The van der Waals surface area contributed by atoms with Crippen molar-refractivity contribution < 1.29 is 4.74 Å². The first-order chi connectivity index (χ1) is 10.7. The molecule has 0 atom stereocenters. The maximum Gasteiger partial charge on any atom is 0.253 e. The Hall–Kier alpha value is -2.46. The van der Waals surface area contributed by atoms with Gasteiger partial charge in [0, 0.05) is 18.2 Å². The molecule has 0 aliphatic heterocycles. The predicted octanol–water partition coefficient (Wildman–Crippen LogP) is 3.80. The topological polar surface area (TPSA) is 54.1 Å². The maximum atomic E-state index is 12.2. The van der Waals surface area contributed by atoms with Gasteiger partial charge in [-0.2, -0.15) is 0 Å². The monoisotopic (exact) mass is 314 g/mol. The van der Waals surface area contributed by atoms with E-state index >= 15 is 0 Å². The minimum absolute atomic E-state index is 0.125. The van der Waals surface area contributed by atoms with E-state index in [9.17, 15) is 4.79 Å². The molecule has 0 saturated heterocycles. The fourth-order valence-corrected chi connectivity index (χ4v) is 2.48. The van der Waals surface area contributed by atoms with Gasteiger partial charge in [-0.15, -0.1) is 0 Å². The Morgan fingerprint density at radius 2 is 2.00 bits per heavy atom. The number of rotatable bonds is 4. The van der Waals surface area contributed by atoms with E-state index in [1.165, 1.54) is 0 Å². The van der Waals surface area contributed by atoms with Gasteiger partial charge in [0.2, 0.25) is 0 Å². The molecule has 3 rings (SSSR count). The largest absolute Gasteiger partial charge is 0.497 e. The average Bonchev–Trinajstić information content (AvgIpc) is 2.53. The molecule has 0 unspecified atom stereocenters. The first-order valence-corrected chi connectivity index (χ1v) is 7.23. The lowest BCUT2D eigenvalue weighted by Gasteiger charge is -2.09. The van der Waals surface area contributed by atoms with Crippen molar-refractivity contribution in [1.82, 2.24) is 4.98 Å². The number of nitrogens with one attached hydrogen (secondary N) is 2. The molecule has 0 spiro atoms. The number of benzene rings is 2. The molecule has 3 aromatic rings. The molecule has 1 heterocycles. The van der Waals surface area contributed by atoms with E-state index in [4.69, 9.17) is 16.3 Å². The number of H-pyrrole nitrogens is 1. The first-order valence-electron chi connectivity index (χ1n) is 6.86. The third-order valence-electron chi connectivity index (χ3n) is 3.47. The summed E-state index contributed by atoms with van der Waals surface area (Å²) in [4.78, 5) is 15.0. The second kappa shape index (κ2) is 6.12. The van der Waals surface area contributed by atoms with Crippen molar-refractivity contribution in [2.75, 3.05) is 12.4 Å². The van der Waals surface area contributed by atoms with Crippen molar-refractivity contribution in [2.45, 2.75) is 6.54 Å². The lowest BCUT2D eigenvalue weighted by Crippen LogP contribution is -2.15. The van der Waals surface area contributed by atoms with E-state index in [1.54, 1.807) is 13.2 Å². The molecule has 0 radical (unpaired) electrons. The minimum Gasteiger partial charge on any atom is -0.497 e. The maximum absolute atomic E-state index is 12.2. The number of ether oxygens (including phenoxy) is 1. The summed E-state index contributed by atoms with van der Waals surface area (Å²) in [6, 6.07) is 14.9. The van der Waals surface area contributed by atoms with Crippen molar-refractivity contribution in [3.8, 4) is 5.75 Å². The quantitative estimate of drug-likeness (QED) is 0.770. The summed E-state index contributed by atoms with van der Waals surface area (Å²) in [7, 11) is 1.60. The molecule has 4 nitrogen and oxygen atoms in total. The average molecular weight is 315 g/mol. The zero-order chi connectivity index (χ0) is 15.5. The van der Waals surface area contributed by atoms with Crippen LogP contribution in [0.5, 0.6) is 5.75 Å². The van der Waals surface area contributed by atoms with Crippen molar-refractivity contribution in [3.63, 3.8) is 0 Å². The molecule has 1 aromatic heterocycles. The summed E-state index contributed by atoms with van der Waals surface area (Å²) in [6.07, 6.45) is 0. The standard InChI is InChI=1S/C17H15ClN2O2/c1-22-13-7-6-11-8-12(17(21)20-16(11)9-13)10-19-15-5-3-2-4-14(15)18/h2-9,19H,10H2,1H3,(H,20,21). The molecule has 5 heteroatoms. The normalized spacial score (nSPS) is 10.6. The zero-order valence-electron chi connectivity index (χ0n) is 12.0. The number of hydrogen-bond acceptors (Lipinski definition) is 3. The second-order valence-electron chi connectivity index (χ2n) is 4.91. The molecule has 112 valence electrons. The highest BCUT2D eigenvalue weighted by Gasteiger charge is 2.05. The van der Waals surface area contributed by atoms with Crippen LogP contribution in [0.4, 0.5) is 5.69 Å². The highest BCUT2D eigenvalue weighted by Crippen LogP contribution is 2.22. The molecular weight excluding hydrogens is 300 g/mol. The number of methoxy groups -OCH3 is 1. The Labute approximate surface area is 132 Å². The van der Waals surface area contributed by atoms with Crippen molar-refractivity contribution in [2.24, 2.45) is 0 Å². The number of aromatic nitrogens is 1. The van der Waals surface area contributed by atoms with Gasteiger partial charge in [0.15, 0.2) is 0 Å². The molecule has 0 amide bonds. The third kappa shape index (κ3) is 2.92. The Balaban J connectivity index is 1.89. The number of halogens is 1. The SMILES string of the molecule is COc1ccc2cc(CNc3ccccc3Cl)c(=O)[nH]c2c1. The molecule has 22 heavy (non-hydrogen) atoms. The van der Waals surface area contributed by atoms with Crippen LogP contribution in [-0.2, 0) is 6.54 Å². The Kier molecular flexibility index (Phi) is 4.02. The number of fused-ring (bicyclic) bond motifs is 1. The predicted molar refractivity (Wildman–Crippen MR) is 89.9 cm³/mol. The highest BCUT2D eigenvalue weighted by molar-refractivity contribution is 6.33. The van der Waals surface area contributed by atoms with E-state index in [2.05, 4.69) is 10.3 Å². The van der Waals surface area contributed by atoms with Crippen molar-refractivity contribution >= 4 is 28.2 Å². The number of hydrogen-bond donors (Lipinski definition) is 2. The van der Waals surface area contributed by atoms with Gasteiger partial charge in [-0.05, 0) is 35.7 Å². The summed E-state index contributed by atoms with van der Waals surface area (Å²) >= 11 is 6.10. The van der Waals surface area contributed by atoms with Gasteiger partial charge >= 0.3 is 0 Å². The number of pyridine rings is 1. The van der Waals surface area contributed by atoms with Gasteiger partial charge < -0.3 is 15.0 Å². The summed E-state index contributed by atoms with van der Waals surface area (Å²) in [5.74, 6) is 0.713. The van der Waals surface area contributed by atoms with Gasteiger partial charge in [0.05, 0.1) is 23.3 Å². The lowest BCUT2D eigenvalue weighted by atomic mass is 10.1. The smallest absolute Gasteiger partial charge is 0.253 e. The molecule has 0 aliphatic carbocycles. The van der Waals surface area contributed by atoms with Crippen LogP contribution in [0.25, 0.3) is 10.9 Å². The van der Waals surface area contributed by atoms with Crippen LogP contribution in [0.3, 0.4) is 0 Å². The summed E-state index contributed by atoms with van der Waals surface area (Å²) < 4.78 is 5.16. The third-order valence-corrected chi connectivity index (χ3v) is 3.80. The first kappa shape index (κ1) is 14.5. The molecule has 0 bridgehead atoms. The molecule has 0 aliphatic rings. The van der Waals surface area contributed by atoms with E-state index in [0.717, 1.165) is 16.6 Å². The summed E-state index contributed by atoms with van der Waals surface area (Å²) in [6.45, 7) is 0.404. The number of para-hydroxylation sites is 1. The lowest BCUT2D eigenvalue weighted by molar-refractivity contribution is 0.415. The molecule has 2 N–H and O–H groups in total. The van der Waals surface area contributed by atoms with E-state index in [-0.39, 0.29) is 5.56 Å². The molecule has 2 aromatic carbocycles. The van der Waals surface area contributed by atoms with Gasteiger partial charge in [0.25, 0.3) is 5.56 Å². The summed E-state index contributed by atoms with van der Waals surface area (Å²) in [5.41, 5.74) is 2.09. The van der Waals surface area contributed by atoms with Gasteiger partial charge in [-0.3, -0.25) is 4.79 Å². The van der Waals surface area contributed by atoms with E-state index < -0.39 is 0 Å². The van der Waals surface area contributed by atoms with Gasteiger partial charge in [0.1, 0.15) is 5.75 Å². The molecule has 0 saturated carbocycles. The second-order valence-corrected chi connectivity index (χ2v) is 5.32. The van der Waals surface area contributed by atoms with Gasteiger partial charge in [-0.1, -0.05) is 23.7 Å². The molecule has 0 fully saturated rings. The Morgan fingerprint density at radius 1 is 1.18 bits per heavy atom. The fraction of sp³-hybridized carbons (Fsp3) is 0.118. The van der Waals surface area contributed by atoms with Crippen LogP contribution in [0.15, 0.2) is 53.3 Å². The van der Waals surface area contributed by atoms with Crippen LogP contribution < -0.4 is 15.6 Å². The number of aromatic amines is 1. The Morgan fingerprint density at radius 3 is 2.77 bits per heavy atom. The van der Waals surface area contributed by atoms with E-state index in [1.807, 2.05) is 42.5 Å². The number of anilines is 1. The Bertz CT molecular complexity index is 874. The zero-order valence-corrected chi connectivity index (χ0v) is 12.8. The van der Waals surface area contributed by atoms with E-state index in [0.29, 0.717) is 22.9 Å². The van der Waals surface area contributed by atoms with Crippen LogP contribution in [-0.4, -0.2) is 12.1 Å². The highest BCUT2D eigenvalue weighted by atomic mass is 35.5. The van der Waals surface area contributed by atoms with Crippen LogP contribution in [0, 0.1) is 0 Å². The summed E-state index contributed by atoms with van der Waals surface area (Å²) in [5, 5.41) is 4.76. The fourth-order valence-electron chi connectivity index (χ4n) is 2.28. The van der Waals surface area contributed by atoms with Crippen molar-refractivity contribution in [1.29, 1.82) is 0 Å². The van der Waals surface area contributed by atoms with Crippen LogP contribution in [0.2, 0.25) is 5.02 Å². The van der Waals surface area contributed by atoms with Crippen LogP contribution in [0.1, 0.15) is 5.56 Å². The van der Waals surface area contributed by atoms with Crippen LogP contribution >= 0.6 is 11.6 Å². The van der Waals surface area contributed by atoms with Crippen molar-refractivity contribution in [3.05, 3.63) is 69.5 Å².